The Labute approximate surface area is 224 Å². The van der Waals surface area contributed by atoms with Crippen LogP contribution in [0.5, 0.6) is 0 Å². The molecule has 2 saturated heterocycles. The number of carbonyl (C=O) groups excluding carboxylic acids is 2. The van der Waals surface area contributed by atoms with Gasteiger partial charge in [0.25, 0.3) is 0 Å². The first-order valence-corrected chi connectivity index (χ1v) is 13.1. The lowest BCUT2D eigenvalue weighted by molar-refractivity contribution is -0.192. The SMILES string of the molecule is O=C(CCCN1CCC2(CC1)C(=O)NC[C@@H]2c1ccc(F)cc1)C1C[C@H]1c1ccccc1.O=C(O)C(F)(F)F. The summed E-state index contributed by atoms with van der Waals surface area (Å²) in [4.78, 5) is 36.7. The molecule has 1 unspecified atom stereocenters. The summed E-state index contributed by atoms with van der Waals surface area (Å²) in [7, 11) is 0. The van der Waals surface area contributed by atoms with Crippen LogP contribution in [0.25, 0.3) is 0 Å². The number of rotatable bonds is 7. The number of carbonyl (C=O) groups is 3. The Morgan fingerprint density at radius 2 is 1.62 bits per heavy atom. The standard InChI is InChI=1S/C27H31FN2O2.C2HF3O2/c28-21-10-8-20(9-11-21)24-18-29-26(32)27(24)12-15-30(16-13-27)14-4-7-25(31)23-17-22(23)19-5-2-1-3-6-19;3-2(4,5)1(6)7/h1-3,5-6,8-11,22-24H,4,7,12-18H2,(H,29,32);(H,6,7)/t22-,23?,24+;/m0./s1. The quantitative estimate of drug-likeness (QED) is 0.481. The van der Waals surface area contributed by atoms with E-state index in [1.54, 1.807) is 0 Å². The van der Waals surface area contributed by atoms with Crippen LogP contribution in [0, 0.1) is 17.2 Å². The molecule has 1 spiro atoms. The number of carboxylic acid groups (broad SMARTS) is 1. The molecule has 5 rings (SSSR count). The molecule has 0 aromatic heterocycles. The Morgan fingerprint density at radius 1 is 1.00 bits per heavy atom. The van der Waals surface area contributed by atoms with Crippen molar-refractivity contribution in [2.45, 2.75) is 50.1 Å². The molecule has 1 amide bonds. The Kier molecular flexibility index (Phi) is 8.73. The molecule has 3 aliphatic rings. The summed E-state index contributed by atoms with van der Waals surface area (Å²) >= 11 is 0. The fourth-order valence-electron chi connectivity index (χ4n) is 5.89. The normalized spacial score (nSPS) is 24.0. The van der Waals surface area contributed by atoms with Gasteiger partial charge in [-0.25, -0.2) is 9.18 Å². The molecule has 0 radical (unpaired) electrons. The van der Waals surface area contributed by atoms with Crippen LogP contribution in [0.4, 0.5) is 17.6 Å². The van der Waals surface area contributed by atoms with Gasteiger partial charge in [-0.05, 0) is 74.5 Å². The molecule has 2 aromatic carbocycles. The summed E-state index contributed by atoms with van der Waals surface area (Å²) in [5.74, 6) is -1.73. The number of piperidine rings is 1. The maximum atomic E-state index is 13.4. The van der Waals surface area contributed by atoms with Gasteiger partial charge in [0.2, 0.25) is 5.91 Å². The van der Waals surface area contributed by atoms with Gasteiger partial charge in [-0.3, -0.25) is 9.59 Å². The zero-order valence-corrected chi connectivity index (χ0v) is 21.4. The van der Waals surface area contributed by atoms with Gasteiger partial charge in [0.15, 0.2) is 0 Å². The molecule has 2 aliphatic heterocycles. The van der Waals surface area contributed by atoms with E-state index in [1.807, 2.05) is 30.3 Å². The second-order valence-electron chi connectivity index (χ2n) is 10.5. The van der Waals surface area contributed by atoms with Crippen LogP contribution in [0.15, 0.2) is 54.6 Å². The number of amides is 1. The molecule has 1 aliphatic carbocycles. The average molecular weight is 549 g/mol. The summed E-state index contributed by atoms with van der Waals surface area (Å²) in [5, 5.41) is 10.2. The lowest BCUT2D eigenvalue weighted by atomic mass is 9.68. The van der Waals surface area contributed by atoms with E-state index < -0.39 is 12.1 Å². The number of nitrogens with zero attached hydrogens (tertiary/aromatic N) is 1. The van der Waals surface area contributed by atoms with E-state index >= 15 is 0 Å². The van der Waals surface area contributed by atoms with Crippen molar-refractivity contribution < 1.29 is 37.1 Å². The molecule has 1 saturated carbocycles. The second-order valence-corrected chi connectivity index (χ2v) is 10.5. The molecule has 3 atom stereocenters. The summed E-state index contributed by atoms with van der Waals surface area (Å²) in [6.45, 7) is 3.28. The van der Waals surface area contributed by atoms with Crippen LogP contribution in [0.3, 0.4) is 0 Å². The zero-order valence-electron chi connectivity index (χ0n) is 21.4. The highest BCUT2D eigenvalue weighted by Gasteiger charge is 2.52. The maximum absolute atomic E-state index is 13.4. The number of benzene rings is 2. The van der Waals surface area contributed by atoms with Crippen LogP contribution < -0.4 is 5.32 Å². The first kappa shape index (κ1) is 28.7. The van der Waals surface area contributed by atoms with Gasteiger partial charge in [0, 0.05) is 24.8 Å². The predicted molar refractivity (Wildman–Crippen MR) is 135 cm³/mol. The zero-order chi connectivity index (χ0) is 28.2. The lowest BCUT2D eigenvalue weighted by Gasteiger charge is -2.41. The average Bonchev–Trinajstić information content (AvgIpc) is 3.66. The first-order chi connectivity index (χ1) is 18.5. The van der Waals surface area contributed by atoms with Gasteiger partial charge in [-0.1, -0.05) is 42.5 Å². The van der Waals surface area contributed by atoms with E-state index in [0.717, 1.165) is 50.9 Å². The molecule has 10 heteroatoms. The van der Waals surface area contributed by atoms with Crippen LogP contribution in [-0.2, 0) is 14.4 Å². The maximum Gasteiger partial charge on any atom is 0.490 e. The van der Waals surface area contributed by atoms with E-state index in [-0.39, 0.29) is 29.0 Å². The highest BCUT2D eigenvalue weighted by molar-refractivity contribution is 5.87. The summed E-state index contributed by atoms with van der Waals surface area (Å²) in [5.41, 5.74) is 1.94. The molecule has 2 aromatic rings. The van der Waals surface area contributed by atoms with Gasteiger partial charge in [0.05, 0.1) is 5.41 Å². The smallest absolute Gasteiger partial charge is 0.475 e. The summed E-state index contributed by atoms with van der Waals surface area (Å²) in [6.07, 6.45) is -0.929. The fourth-order valence-corrected chi connectivity index (χ4v) is 5.89. The number of hydrogen-bond acceptors (Lipinski definition) is 4. The predicted octanol–water partition coefficient (Wildman–Crippen LogP) is 4.91. The van der Waals surface area contributed by atoms with Crippen molar-refractivity contribution >= 4 is 17.7 Å². The van der Waals surface area contributed by atoms with Gasteiger partial charge in [-0.2, -0.15) is 13.2 Å². The third kappa shape index (κ3) is 6.84. The minimum Gasteiger partial charge on any atom is -0.475 e. The van der Waals surface area contributed by atoms with Crippen LogP contribution >= 0.6 is 0 Å². The van der Waals surface area contributed by atoms with Crippen molar-refractivity contribution in [2.24, 2.45) is 11.3 Å². The minimum absolute atomic E-state index is 0.101. The number of alkyl halides is 3. The van der Waals surface area contributed by atoms with E-state index in [4.69, 9.17) is 9.90 Å². The lowest BCUT2D eigenvalue weighted by Crippen LogP contribution is -2.46. The van der Waals surface area contributed by atoms with E-state index in [9.17, 15) is 27.2 Å². The topological polar surface area (TPSA) is 86.7 Å². The van der Waals surface area contributed by atoms with E-state index in [0.29, 0.717) is 24.7 Å². The highest BCUT2D eigenvalue weighted by Crippen LogP contribution is 2.49. The van der Waals surface area contributed by atoms with Gasteiger partial charge < -0.3 is 15.3 Å². The van der Waals surface area contributed by atoms with Gasteiger partial charge in [0.1, 0.15) is 11.6 Å². The number of hydrogen-bond donors (Lipinski definition) is 2. The fraction of sp³-hybridized carbons (Fsp3) is 0.483. The van der Waals surface area contributed by atoms with Crippen molar-refractivity contribution in [2.75, 3.05) is 26.2 Å². The molecule has 2 N–H and O–H groups in total. The van der Waals surface area contributed by atoms with Crippen LogP contribution in [0.2, 0.25) is 0 Å². The largest absolute Gasteiger partial charge is 0.490 e. The molecular formula is C29H32F4N2O4. The number of likely N-dealkylation sites (tertiary alicyclic amines) is 1. The molecule has 6 nitrogen and oxygen atoms in total. The number of aliphatic carboxylic acids is 1. The van der Waals surface area contributed by atoms with E-state index in [1.165, 1.54) is 17.7 Å². The van der Waals surface area contributed by atoms with Crippen LogP contribution in [0.1, 0.15) is 55.1 Å². The summed E-state index contributed by atoms with van der Waals surface area (Å²) in [6, 6.07) is 17.0. The molecule has 39 heavy (non-hydrogen) atoms. The van der Waals surface area contributed by atoms with Crippen molar-refractivity contribution in [1.82, 2.24) is 10.2 Å². The molecule has 2 heterocycles. The molecule has 3 fully saturated rings. The van der Waals surface area contributed by atoms with Crippen molar-refractivity contribution in [1.29, 1.82) is 0 Å². The highest BCUT2D eigenvalue weighted by atomic mass is 19.4. The van der Waals surface area contributed by atoms with Gasteiger partial charge >= 0.3 is 12.1 Å². The van der Waals surface area contributed by atoms with Crippen molar-refractivity contribution in [3.63, 3.8) is 0 Å². The Balaban J connectivity index is 0.000000448. The Bertz CT molecular complexity index is 1160. The molecule has 0 bridgehead atoms. The van der Waals surface area contributed by atoms with Gasteiger partial charge in [-0.15, -0.1) is 0 Å². The van der Waals surface area contributed by atoms with Crippen LogP contribution in [-0.4, -0.2) is 60.0 Å². The third-order valence-electron chi connectivity index (χ3n) is 8.18. The molecule has 210 valence electrons. The number of halogens is 4. The number of carboxylic acids is 1. The minimum atomic E-state index is -5.08. The van der Waals surface area contributed by atoms with E-state index in [2.05, 4.69) is 22.3 Å². The van der Waals surface area contributed by atoms with Crippen molar-refractivity contribution in [3.05, 3.63) is 71.5 Å². The Hall–Kier alpha value is -3.27. The monoisotopic (exact) mass is 548 g/mol. The summed E-state index contributed by atoms with van der Waals surface area (Å²) < 4.78 is 45.1. The first-order valence-electron chi connectivity index (χ1n) is 13.1. The second kappa shape index (κ2) is 11.9. The number of Topliss-reactive ketones (excluding diaryl/α,β-unsaturated/α-hetero) is 1. The van der Waals surface area contributed by atoms with Crippen molar-refractivity contribution in [3.8, 4) is 0 Å². The molecular weight excluding hydrogens is 516 g/mol. The Morgan fingerprint density at radius 3 is 2.21 bits per heavy atom. The third-order valence-corrected chi connectivity index (χ3v) is 8.18. The number of nitrogens with one attached hydrogen (secondary N) is 1. The number of ketones is 1.